The zero-order valence-corrected chi connectivity index (χ0v) is 20.4. The number of nitrogens with zero attached hydrogens (tertiary/aromatic N) is 4. The molecule has 0 unspecified atom stereocenters. The maximum Gasteiger partial charge on any atom is 0.234 e. The number of hydrogen-bond donors (Lipinski definition) is 1. The van der Waals surface area contributed by atoms with E-state index in [1.165, 1.54) is 11.8 Å². The molecule has 9 heteroatoms. The second-order valence-electron chi connectivity index (χ2n) is 7.40. The Morgan fingerprint density at radius 2 is 1.79 bits per heavy atom. The first-order chi connectivity index (χ1) is 16.2. The number of amides is 1. The quantitative estimate of drug-likeness (QED) is 0.479. The molecule has 1 aromatic heterocycles. The van der Waals surface area contributed by atoms with E-state index < -0.39 is 0 Å². The van der Waals surface area contributed by atoms with Crippen LogP contribution in [-0.4, -0.2) is 61.2 Å². The van der Waals surface area contributed by atoms with E-state index in [2.05, 4.69) is 31.2 Å². The molecule has 2 heterocycles. The van der Waals surface area contributed by atoms with Gasteiger partial charge in [-0.25, -0.2) is 9.97 Å². The van der Waals surface area contributed by atoms with Crippen molar-refractivity contribution in [3.63, 3.8) is 0 Å². The maximum absolute atomic E-state index is 12.5. The summed E-state index contributed by atoms with van der Waals surface area (Å²) in [4.78, 5) is 27.3. The van der Waals surface area contributed by atoms with Crippen LogP contribution in [0.15, 0.2) is 70.8 Å². The number of piperazine rings is 1. The lowest BCUT2D eigenvalue weighted by molar-refractivity contribution is -0.113. The van der Waals surface area contributed by atoms with Crippen molar-refractivity contribution in [2.24, 2.45) is 0 Å². The highest BCUT2D eigenvalue weighted by Crippen LogP contribution is 2.31. The zero-order chi connectivity index (χ0) is 23.0. The number of ether oxygens (including phenoxy) is 1. The van der Waals surface area contributed by atoms with Crippen LogP contribution in [0.5, 0.6) is 5.75 Å². The van der Waals surface area contributed by atoms with Gasteiger partial charge in [0, 0.05) is 49.2 Å². The zero-order valence-electron chi connectivity index (χ0n) is 18.7. The Morgan fingerprint density at radius 3 is 2.58 bits per heavy atom. The fraction of sp³-hybridized carbons (Fsp3) is 0.292. The molecule has 172 valence electrons. The van der Waals surface area contributed by atoms with Crippen LogP contribution in [0.25, 0.3) is 0 Å². The summed E-state index contributed by atoms with van der Waals surface area (Å²) >= 11 is 3.06. The minimum absolute atomic E-state index is 0.0594. The fourth-order valence-electron chi connectivity index (χ4n) is 3.72. The second kappa shape index (κ2) is 11.3. The van der Waals surface area contributed by atoms with Crippen molar-refractivity contribution >= 4 is 46.6 Å². The van der Waals surface area contributed by atoms with Crippen LogP contribution >= 0.6 is 23.5 Å². The Balaban J connectivity index is 1.36. The molecule has 0 radical (unpaired) electrons. The normalized spacial score (nSPS) is 13.6. The number of hydrogen-bond acceptors (Lipinski definition) is 8. The van der Waals surface area contributed by atoms with Gasteiger partial charge in [0.1, 0.15) is 10.8 Å². The molecule has 3 aromatic rings. The van der Waals surface area contributed by atoms with E-state index >= 15 is 0 Å². The minimum atomic E-state index is -0.0594. The van der Waals surface area contributed by atoms with Crippen molar-refractivity contribution in [1.29, 1.82) is 0 Å². The Bertz CT molecular complexity index is 1090. The van der Waals surface area contributed by atoms with Gasteiger partial charge in [-0.05, 0) is 36.6 Å². The predicted octanol–water partition coefficient (Wildman–Crippen LogP) is 4.26. The first kappa shape index (κ1) is 23.3. The molecule has 4 rings (SSSR count). The molecule has 7 nitrogen and oxygen atoms in total. The predicted molar refractivity (Wildman–Crippen MR) is 137 cm³/mol. The summed E-state index contributed by atoms with van der Waals surface area (Å²) in [5, 5.41) is 3.74. The monoisotopic (exact) mass is 481 g/mol. The molecule has 0 atom stereocenters. The topological polar surface area (TPSA) is 70.6 Å². The van der Waals surface area contributed by atoms with E-state index in [0.717, 1.165) is 59.0 Å². The maximum atomic E-state index is 12.5. The van der Waals surface area contributed by atoms with E-state index in [0.29, 0.717) is 0 Å². The molecule has 0 saturated carbocycles. The van der Waals surface area contributed by atoms with Crippen molar-refractivity contribution in [3.8, 4) is 5.75 Å². The molecule has 1 aliphatic rings. The summed E-state index contributed by atoms with van der Waals surface area (Å²) in [5.74, 6) is 1.93. The number of carbonyl (C=O) groups excluding carboxylic acids is 1. The van der Waals surface area contributed by atoms with Crippen LogP contribution in [0.4, 0.5) is 17.2 Å². The average molecular weight is 482 g/mol. The van der Waals surface area contributed by atoms with Gasteiger partial charge in [-0.3, -0.25) is 4.79 Å². The van der Waals surface area contributed by atoms with Crippen LogP contribution in [0.2, 0.25) is 0 Å². The SMILES string of the molecule is COc1ccccc1N1CCN(c2nccnc2SCC(=O)Nc2cccc(SC)c2)CC1. The smallest absolute Gasteiger partial charge is 0.234 e. The lowest BCUT2D eigenvalue weighted by Gasteiger charge is -2.37. The molecule has 1 N–H and O–H groups in total. The molecular formula is C24H27N5O2S2. The van der Waals surface area contributed by atoms with Crippen LogP contribution in [-0.2, 0) is 4.79 Å². The summed E-state index contributed by atoms with van der Waals surface area (Å²) in [6.45, 7) is 3.34. The highest BCUT2D eigenvalue weighted by molar-refractivity contribution is 8.00. The number of benzene rings is 2. The van der Waals surface area contributed by atoms with E-state index in [4.69, 9.17) is 4.74 Å². The molecule has 33 heavy (non-hydrogen) atoms. The van der Waals surface area contributed by atoms with Gasteiger partial charge in [0.05, 0.1) is 18.6 Å². The van der Waals surface area contributed by atoms with Gasteiger partial charge < -0.3 is 19.9 Å². The van der Waals surface area contributed by atoms with Crippen LogP contribution < -0.4 is 19.9 Å². The Kier molecular flexibility index (Phi) is 7.96. The highest BCUT2D eigenvalue weighted by atomic mass is 32.2. The van der Waals surface area contributed by atoms with E-state index in [9.17, 15) is 4.79 Å². The van der Waals surface area contributed by atoms with Crippen molar-refractivity contribution in [2.45, 2.75) is 9.92 Å². The molecule has 0 spiro atoms. The highest BCUT2D eigenvalue weighted by Gasteiger charge is 2.23. The van der Waals surface area contributed by atoms with Gasteiger partial charge >= 0.3 is 0 Å². The number of anilines is 3. The Morgan fingerprint density at radius 1 is 1.03 bits per heavy atom. The van der Waals surface area contributed by atoms with Gasteiger partial charge in [0.25, 0.3) is 0 Å². The van der Waals surface area contributed by atoms with Crippen LogP contribution in [0, 0.1) is 0 Å². The van der Waals surface area contributed by atoms with Crippen LogP contribution in [0.3, 0.4) is 0 Å². The third kappa shape index (κ3) is 5.91. The van der Waals surface area contributed by atoms with Gasteiger partial charge in [-0.15, -0.1) is 11.8 Å². The van der Waals surface area contributed by atoms with E-state index in [1.54, 1.807) is 31.3 Å². The van der Waals surface area contributed by atoms with Gasteiger partial charge in [0.2, 0.25) is 5.91 Å². The molecule has 1 fully saturated rings. The largest absolute Gasteiger partial charge is 0.495 e. The molecule has 1 amide bonds. The fourth-order valence-corrected chi connectivity index (χ4v) is 4.96. The lowest BCUT2D eigenvalue weighted by Crippen LogP contribution is -2.47. The van der Waals surface area contributed by atoms with Crippen molar-refractivity contribution in [1.82, 2.24) is 9.97 Å². The summed E-state index contributed by atoms with van der Waals surface area (Å²) < 4.78 is 5.52. The number of methoxy groups -OCH3 is 1. The standard InChI is InChI=1S/C24H27N5O2S2/c1-31-21-9-4-3-8-20(21)28-12-14-29(15-13-28)23-24(26-11-10-25-23)33-17-22(30)27-18-6-5-7-19(16-18)32-2/h3-11,16H,12-15,17H2,1-2H3,(H,27,30). The first-order valence-electron chi connectivity index (χ1n) is 10.7. The number of rotatable bonds is 8. The number of carbonyl (C=O) groups is 1. The Hall–Kier alpha value is -2.91. The van der Waals surface area contributed by atoms with E-state index in [-0.39, 0.29) is 11.7 Å². The number of thioether (sulfide) groups is 2. The lowest BCUT2D eigenvalue weighted by atomic mass is 10.2. The minimum Gasteiger partial charge on any atom is -0.495 e. The average Bonchev–Trinajstić information content (AvgIpc) is 2.88. The first-order valence-corrected chi connectivity index (χ1v) is 12.9. The van der Waals surface area contributed by atoms with Gasteiger partial charge in [0.15, 0.2) is 5.82 Å². The molecule has 2 aromatic carbocycles. The molecule has 1 saturated heterocycles. The Labute approximate surface area is 202 Å². The number of aromatic nitrogens is 2. The second-order valence-corrected chi connectivity index (χ2v) is 9.24. The molecule has 0 bridgehead atoms. The third-order valence-corrected chi connectivity index (χ3v) is 7.04. The summed E-state index contributed by atoms with van der Waals surface area (Å²) in [7, 11) is 1.70. The van der Waals surface area contributed by atoms with Crippen molar-refractivity contribution < 1.29 is 9.53 Å². The van der Waals surface area contributed by atoms with E-state index in [1.807, 2.05) is 48.7 Å². The summed E-state index contributed by atoms with van der Waals surface area (Å²) in [6, 6.07) is 15.9. The van der Waals surface area contributed by atoms with Gasteiger partial charge in [-0.2, -0.15) is 0 Å². The molecule has 1 aliphatic heterocycles. The number of para-hydroxylation sites is 2. The third-order valence-electron chi connectivity index (χ3n) is 5.35. The number of nitrogens with one attached hydrogen (secondary N) is 1. The molecular weight excluding hydrogens is 454 g/mol. The summed E-state index contributed by atoms with van der Waals surface area (Å²) in [6.07, 6.45) is 5.40. The molecule has 0 aliphatic carbocycles. The summed E-state index contributed by atoms with van der Waals surface area (Å²) in [5.41, 5.74) is 1.91. The van der Waals surface area contributed by atoms with Crippen molar-refractivity contribution in [2.75, 3.05) is 60.4 Å². The van der Waals surface area contributed by atoms with Gasteiger partial charge in [-0.1, -0.05) is 30.0 Å². The van der Waals surface area contributed by atoms with Crippen LogP contribution in [0.1, 0.15) is 0 Å². The van der Waals surface area contributed by atoms with Crippen molar-refractivity contribution in [3.05, 3.63) is 60.9 Å².